The van der Waals surface area contributed by atoms with Crippen molar-refractivity contribution in [3.05, 3.63) is 89.2 Å². The van der Waals surface area contributed by atoms with Crippen molar-refractivity contribution in [3.63, 3.8) is 0 Å². The minimum Gasteiger partial charge on any atom is -0.264 e. The second kappa shape index (κ2) is 5.29. The molecule has 1 heteroatoms. The summed E-state index contributed by atoms with van der Waals surface area (Å²) < 4.78 is 0. The molecule has 1 aliphatic carbocycles. The van der Waals surface area contributed by atoms with Gasteiger partial charge in [0.25, 0.3) is 0 Å². The van der Waals surface area contributed by atoms with Gasteiger partial charge in [0, 0.05) is 18.0 Å². The molecule has 4 aromatic rings. The second-order valence-electron chi connectivity index (χ2n) is 6.98. The van der Waals surface area contributed by atoms with Gasteiger partial charge in [-0.1, -0.05) is 48.5 Å². The van der Waals surface area contributed by atoms with E-state index in [-0.39, 0.29) is 0 Å². The minimum absolute atomic E-state index is 1.01. The number of aromatic nitrogens is 1. The molecule has 0 atom stereocenters. The highest BCUT2D eigenvalue weighted by Crippen LogP contribution is 2.44. The van der Waals surface area contributed by atoms with E-state index in [0.717, 1.165) is 6.42 Å². The molecule has 0 fully saturated rings. The van der Waals surface area contributed by atoms with E-state index >= 15 is 0 Å². The number of aryl methyl sites for hydroxylation is 2. The molecule has 0 spiro atoms. The van der Waals surface area contributed by atoms with Gasteiger partial charge in [0.2, 0.25) is 0 Å². The van der Waals surface area contributed by atoms with Gasteiger partial charge in [0.05, 0.1) is 0 Å². The molecular formula is C24H19N. The number of fused-ring (bicyclic) bond motifs is 2. The van der Waals surface area contributed by atoms with Crippen molar-refractivity contribution in [2.75, 3.05) is 0 Å². The van der Waals surface area contributed by atoms with Gasteiger partial charge in [-0.15, -0.1) is 0 Å². The summed E-state index contributed by atoms with van der Waals surface area (Å²) in [6, 6.07) is 20.0. The van der Waals surface area contributed by atoms with Crippen molar-refractivity contribution in [2.45, 2.75) is 20.3 Å². The van der Waals surface area contributed by atoms with Gasteiger partial charge in [-0.25, -0.2) is 0 Å². The van der Waals surface area contributed by atoms with E-state index in [1.54, 1.807) is 0 Å². The average Bonchev–Trinajstić information content (AvgIpc) is 2.63. The summed E-state index contributed by atoms with van der Waals surface area (Å²) in [5.74, 6) is 0. The number of hydrogen-bond donors (Lipinski definition) is 0. The van der Waals surface area contributed by atoms with Gasteiger partial charge in [0.15, 0.2) is 0 Å². The Morgan fingerprint density at radius 1 is 0.760 bits per heavy atom. The standard InChI is InChI=1S/C24H19N/c1-15-10-11-25-14-22(15)23-16(2)12-21-19-8-4-3-6-17(19)13-18-7-5-9-20(23)24(18)21/h3-12,14H,13H2,1-2H3. The highest BCUT2D eigenvalue weighted by Gasteiger charge is 2.21. The summed E-state index contributed by atoms with van der Waals surface area (Å²) >= 11 is 0. The molecule has 0 amide bonds. The average molecular weight is 321 g/mol. The molecule has 25 heavy (non-hydrogen) atoms. The molecule has 0 N–H and O–H groups in total. The maximum absolute atomic E-state index is 4.38. The van der Waals surface area contributed by atoms with Crippen LogP contribution < -0.4 is 0 Å². The first-order valence-electron chi connectivity index (χ1n) is 8.78. The van der Waals surface area contributed by atoms with Crippen molar-refractivity contribution in [3.8, 4) is 22.3 Å². The van der Waals surface area contributed by atoms with Crippen molar-refractivity contribution in [2.24, 2.45) is 0 Å². The van der Waals surface area contributed by atoms with E-state index in [9.17, 15) is 0 Å². The third-order valence-electron chi connectivity index (χ3n) is 5.44. The molecule has 1 aliphatic rings. The summed E-state index contributed by atoms with van der Waals surface area (Å²) in [5.41, 5.74) is 10.7. The van der Waals surface area contributed by atoms with Crippen LogP contribution in [0.2, 0.25) is 0 Å². The fourth-order valence-electron chi connectivity index (χ4n) is 4.29. The lowest BCUT2D eigenvalue weighted by molar-refractivity contribution is 1.20. The summed E-state index contributed by atoms with van der Waals surface area (Å²) in [4.78, 5) is 4.38. The molecule has 0 aliphatic heterocycles. The topological polar surface area (TPSA) is 12.9 Å². The highest BCUT2D eigenvalue weighted by molar-refractivity contribution is 6.09. The largest absolute Gasteiger partial charge is 0.264 e. The number of pyridine rings is 1. The molecule has 5 rings (SSSR count). The van der Waals surface area contributed by atoms with Crippen LogP contribution in [-0.4, -0.2) is 4.98 Å². The fraction of sp³-hybridized carbons (Fsp3) is 0.125. The lowest BCUT2D eigenvalue weighted by Gasteiger charge is -2.24. The quantitative estimate of drug-likeness (QED) is 0.364. The predicted molar refractivity (Wildman–Crippen MR) is 105 cm³/mol. The molecule has 0 saturated heterocycles. The van der Waals surface area contributed by atoms with Gasteiger partial charge < -0.3 is 0 Å². The van der Waals surface area contributed by atoms with Crippen molar-refractivity contribution in [1.82, 2.24) is 4.98 Å². The van der Waals surface area contributed by atoms with E-state index in [1.165, 1.54) is 55.3 Å². The van der Waals surface area contributed by atoms with Crippen LogP contribution in [0, 0.1) is 13.8 Å². The Kier molecular flexibility index (Phi) is 3.05. The molecule has 1 nitrogen and oxygen atoms in total. The Labute approximate surface area is 148 Å². The third kappa shape index (κ3) is 2.05. The molecule has 0 bridgehead atoms. The Bertz CT molecular complexity index is 1140. The van der Waals surface area contributed by atoms with E-state index in [4.69, 9.17) is 0 Å². The van der Waals surface area contributed by atoms with Crippen LogP contribution in [0.25, 0.3) is 33.0 Å². The molecule has 0 radical (unpaired) electrons. The molecule has 120 valence electrons. The molecular weight excluding hydrogens is 302 g/mol. The van der Waals surface area contributed by atoms with Gasteiger partial charge >= 0.3 is 0 Å². The van der Waals surface area contributed by atoms with Crippen molar-refractivity contribution >= 4 is 10.8 Å². The highest BCUT2D eigenvalue weighted by atomic mass is 14.6. The Morgan fingerprint density at radius 3 is 2.48 bits per heavy atom. The molecule has 1 aromatic heterocycles. The zero-order valence-corrected chi connectivity index (χ0v) is 14.5. The normalized spacial score (nSPS) is 12.2. The zero-order chi connectivity index (χ0) is 17.0. The van der Waals surface area contributed by atoms with Gasteiger partial charge in [-0.3, -0.25) is 4.98 Å². The predicted octanol–water partition coefficient (Wildman–Crippen LogP) is 6.09. The lowest BCUT2D eigenvalue weighted by atomic mass is 9.80. The van der Waals surface area contributed by atoms with Crippen LogP contribution >= 0.6 is 0 Å². The van der Waals surface area contributed by atoms with E-state index < -0.39 is 0 Å². The van der Waals surface area contributed by atoms with Gasteiger partial charge in [0.1, 0.15) is 0 Å². The number of rotatable bonds is 1. The Hall–Kier alpha value is -2.93. The lowest BCUT2D eigenvalue weighted by Crippen LogP contribution is -2.03. The van der Waals surface area contributed by atoms with E-state index in [1.807, 2.05) is 12.4 Å². The van der Waals surface area contributed by atoms with E-state index in [0.29, 0.717) is 0 Å². The van der Waals surface area contributed by atoms with Crippen molar-refractivity contribution in [1.29, 1.82) is 0 Å². The molecule has 0 unspecified atom stereocenters. The Balaban J connectivity index is 1.94. The maximum Gasteiger partial charge on any atom is 0.0349 e. The van der Waals surface area contributed by atoms with Crippen LogP contribution in [-0.2, 0) is 6.42 Å². The monoisotopic (exact) mass is 321 g/mol. The third-order valence-corrected chi connectivity index (χ3v) is 5.44. The number of benzene rings is 3. The zero-order valence-electron chi connectivity index (χ0n) is 14.5. The van der Waals surface area contributed by atoms with E-state index in [2.05, 4.69) is 73.4 Å². The first-order chi connectivity index (χ1) is 12.2. The summed E-state index contributed by atoms with van der Waals surface area (Å²) in [7, 11) is 0. The number of hydrogen-bond acceptors (Lipinski definition) is 1. The smallest absolute Gasteiger partial charge is 0.0349 e. The van der Waals surface area contributed by atoms with Gasteiger partial charge in [-0.2, -0.15) is 0 Å². The van der Waals surface area contributed by atoms with Crippen LogP contribution in [0.1, 0.15) is 22.3 Å². The second-order valence-corrected chi connectivity index (χ2v) is 6.98. The maximum atomic E-state index is 4.38. The van der Waals surface area contributed by atoms with Crippen LogP contribution in [0.5, 0.6) is 0 Å². The first kappa shape index (κ1) is 14.4. The Morgan fingerprint density at radius 2 is 1.60 bits per heavy atom. The van der Waals surface area contributed by atoms with Crippen LogP contribution in [0.15, 0.2) is 67.0 Å². The summed E-state index contributed by atoms with van der Waals surface area (Å²) in [5, 5.41) is 2.75. The van der Waals surface area contributed by atoms with Crippen LogP contribution in [0.4, 0.5) is 0 Å². The number of nitrogens with zero attached hydrogens (tertiary/aromatic N) is 1. The van der Waals surface area contributed by atoms with Gasteiger partial charge in [-0.05, 0) is 76.1 Å². The fourth-order valence-corrected chi connectivity index (χ4v) is 4.29. The molecule has 1 heterocycles. The summed E-state index contributed by atoms with van der Waals surface area (Å²) in [6.07, 6.45) is 4.88. The van der Waals surface area contributed by atoms with Crippen LogP contribution in [0.3, 0.4) is 0 Å². The summed E-state index contributed by atoms with van der Waals surface area (Å²) in [6.45, 7) is 4.39. The minimum atomic E-state index is 1.01. The SMILES string of the molecule is Cc1ccncc1-c1c(C)cc2c3c(cccc13)Cc1ccccc1-2. The first-order valence-corrected chi connectivity index (χ1v) is 8.78. The van der Waals surface area contributed by atoms with Crippen molar-refractivity contribution < 1.29 is 0 Å². The molecule has 3 aromatic carbocycles. The molecule has 0 saturated carbocycles.